The van der Waals surface area contributed by atoms with Crippen LogP contribution in [0.25, 0.3) is 0 Å². The first-order valence-electron chi connectivity index (χ1n) is 5.75. The van der Waals surface area contributed by atoms with E-state index in [-0.39, 0.29) is 5.69 Å². The van der Waals surface area contributed by atoms with E-state index in [4.69, 9.17) is 4.42 Å². The average Bonchev–Trinajstić information content (AvgIpc) is 2.77. The summed E-state index contributed by atoms with van der Waals surface area (Å²) in [6.07, 6.45) is 0. The maximum absolute atomic E-state index is 10.8. The van der Waals surface area contributed by atoms with Crippen LogP contribution in [0, 0.1) is 17.0 Å². The van der Waals surface area contributed by atoms with Crippen LogP contribution in [0.1, 0.15) is 17.1 Å². The van der Waals surface area contributed by atoms with Crippen molar-refractivity contribution in [2.75, 3.05) is 0 Å². The average molecular weight is 325 g/mol. The van der Waals surface area contributed by atoms with Gasteiger partial charge in [-0.1, -0.05) is 12.1 Å². The molecule has 0 aliphatic heterocycles. The Balaban J connectivity index is 2.00. The van der Waals surface area contributed by atoms with Crippen molar-refractivity contribution in [2.24, 2.45) is 0 Å². The molecule has 0 bridgehead atoms. The molecule has 2 rings (SSSR count). The molecule has 19 heavy (non-hydrogen) atoms. The van der Waals surface area contributed by atoms with Crippen molar-refractivity contribution in [2.45, 2.75) is 20.0 Å². The lowest BCUT2D eigenvalue weighted by molar-refractivity contribution is -0.385. The molecule has 2 aromatic rings. The van der Waals surface area contributed by atoms with Crippen LogP contribution < -0.4 is 5.32 Å². The largest absolute Gasteiger partial charge is 0.465 e. The van der Waals surface area contributed by atoms with Gasteiger partial charge in [0.15, 0.2) is 0 Å². The van der Waals surface area contributed by atoms with Crippen LogP contribution in [0.15, 0.2) is 39.2 Å². The maximum atomic E-state index is 10.8. The highest BCUT2D eigenvalue weighted by Gasteiger charge is 2.14. The summed E-state index contributed by atoms with van der Waals surface area (Å²) >= 11 is 3.27. The van der Waals surface area contributed by atoms with Crippen molar-refractivity contribution in [3.05, 3.63) is 62.0 Å². The highest BCUT2D eigenvalue weighted by molar-refractivity contribution is 9.10. The molecule has 0 aliphatic rings. The summed E-state index contributed by atoms with van der Waals surface area (Å²) in [5.41, 5.74) is 0.922. The quantitative estimate of drug-likeness (QED) is 0.674. The molecule has 100 valence electrons. The van der Waals surface area contributed by atoms with Gasteiger partial charge in [0, 0.05) is 12.6 Å². The number of nitro groups is 1. The third kappa shape index (κ3) is 3.42. The minimum absolute atomic E-state index is 0.0770. The van der Waals surface area contributed by atoms with E-state index in [1.54, 1.807) is 6.07 Å². The molecule has 0 aliphatic carbocycles. The molecular formula is C13H13BrN2O3. The number of aryl methyl sites for hydroxylation is 1. The topological polar surface area (TPSA) is 68.3 Å². The normalized spacial score (nSPS) is 10.6. The first-order chi connectivity index (χ1) is 9.08. The molecule has 0 spiro atoms. The van der Waals surface area contributed by atoms with Crippen molar-refractivity contribution >= 4 is 21.6 Å². The predicted molar refractivity (Wildman–Crippen MR) is 74.8 cm³/mol. The van der Waals surface area contributed by atoms with Gasteiger partial charge in [-0.25, -0.2) is 0 Å². The zero-order valence-corrected chi connectivity index (χ0v) is 11.9. The minimum atomic E-state index is -0.399. The zero-order chi connectivity index (χ0) is 13.8. The first-order valence-corrected chi connectivity index (χ1v) is 6.55. The number of halogens is 1. The molecule has 1 heterocycles. The van der Waals surface area contributed by atoms with Gasteiger partial charge in [-0.05, 0) is 40.5 Å². The van der Waals surface area contributed by atoms with Gasteiger partial charge in [-0.3, -0.25) is 10.1 Å². The van der Waals surface area contributed by atoms with Crippen LogP contribution in [0.5, 0.6) is 0 Å². The van der Waals surface area contributed by atoms with Crippen LogP contribution in [0.3, 0.4) is 0 Å². The van der Waals surface area contributed by atoms with E-state index < -0.39 is 4.92 Å². The monoisotopic (exact) mass is 324 g/mol. The van der Waals surface area contributed by atoms with E-state index in [1.165, 1.54) is 6.07 Å². The SMILES string of the molecule is Cc1ccc(CNCc2cccc([N+](=O)[O-])c2Br)o1. The number of furan rings is 1. The molecule has 1 aromatic heterocycles. The van der Waals surface area contributed by atoms with E-state index in [1.807, 2.05) is 25.1 Å². The van der Waals surface area contributed by atoms with Crippen molar-refractivity contribution in [3.8, 4) is 0 Å². The van der Waals surface area contributed by atoms with Crippen LogP contribution in [-0.4, -0.2) is 4.92 Å². The Morgan fingerprint density at radius 1 is 1.32 bits per heavy atom. The second-order valence-corrected chi connectivity index (χ2v) is 4.92. The summed E-state index contributed by atoms with van der Waals surface area (Å²) < 4.78 is 5.95. The molecule has 0 saturated heterocycles. The number of benzene rings is 1. The number of hydrogen-bond donors (Lipinski definition) is 1. The Labute approximate surface area is 118 Å². The Morgan fingerprint density at radius 2 is 2.11 bits per heavy atom. The molecule has 0 saturated carbocycles. The Kier molecular flexibility index (Phi) is 4.34. The minimum Gasteiger partial charge on any atom is -0.465 e. The van der Waals surface area contributed by atoms with E-state index in [0.717, 1.165) is 17.1 Å². The van der Waals surface area contributed by atoms with Crippen LogP contribution in [-0.2, 0) is 13.1 Å². The lowest BCUT2D eigenvalue weighted by atomic mass is 10.2. The van der Waals surface area contributed by atoms with Crippen molar-refractivity contribution in [1.29, 1.82) is 0 Å². The lowest BCUT2D eigenvalue weighted by Crippen LogP contribution is -2.12. The number of nitrogens with zero attached hydrogens (tertiary/aromatic N) is 1. The fourth-order valence-corrected chi connectivity index (χ4v) is 2.29. The number of nitrogens with one attached hydrogen (secondary N) is 1. The zero-order valence-electron chi connectivity index (χ0n) is 10.4. The highest BCUT2D eigenvalue weighted by Crippen LogP contribution is 2.28. The molecule has 6 heteroatoms. The second-order valence-electron chi connectivity index (χ2n) is 4.12. The van der Waals surface area contributed by atoms with Gasteiger partial charge in [0.1, 0.15) is 11.5 Å². The summed E-state index contributed by atoms with van der Waals surface area (Å²) in [6, 6.07) is 8.81. The molecule has 0 unspecified atom stereocenters. The molecule has 1 N–H and O–H groups in total. The van der Waals surface area contributed by atoms with Crippen molar-refractivity contribution in [3.63, 3.8) is 0 Å². The molecule has 0 atom stereocenters. The van der Waals surface area contributed by atoms with Gasteiger partial charge in [0.05, 0.1) is 15.9 Å². The van der Waals surface area contributed by atoms with Gasteiger partial charge >= 0.3 is 0 Å². The smallest absolute Gasteiger partial charge is 0.283 e. The second kappa shape index (κ2) is 5.99. The van der Waals surface area contributed by atoms with E-state index in [0.29, 0.717) is 17.6 Å². The molecule has 0 radical (unpaired) electrons. The summed E-state index contributed by atoms with van der Waals surface area (Å²) in [4.78, 5) is 10.4. The van der Waals surface area contributed by atoms with Crippen molar-refractivity contribution in [1.82, 2.24) is 5.32 Å². The summed E-state index contributed by atoms with van der Waals surface area (Å²) in [5.74, 6) is 1.72. The molecule has 1 aromatic carbocycles. The summed E-state index contributed by atoms with van der Waals surface area (Å²) in [6.45, 7) is 3.01. The number of hydrogen-bond acceptors (Lipinski definition) is 4. The number of nitro benzene ring substituents is 1. The summed E-state index contributed by atoms with van der Waals surface area (Å²) in [7, 11) is 0. The van der Waals surface area contributed by atoms with Crippen LogP contribution >= 0.6 is 15.9 Å². The van der Waals surface area contributed by atoms with E-state index in [2.05, 4.69) is 21.2 Å². The molecule has 0 fully saturated rings. The molecular weight excluding hydrogens is 312 g/mol. The third-order valence-corrected chi connectivity index (χ3v) is 3.58. The lowest BCUT2D eigenvalue weighted by Gasteiger charge is -2.06. The maximum Gasteiger partial charge on any atom is 0.283 e. The highest BCUT2D eigenvalue weighted by atomic mass is 79.9. The Bertz CT molecular complexity index is 595. The first kappa shape index (κ1) is 13.8. The van der Waals surface area contributed by atoms with E-state index in [9.17, 15) is 10.1 Å². The van der Waals surface area contributed by atoms with Gasteiger partial charge in [-0.15, -0.1) is 0 Å². The van der Waals surface area contributed by atoms with Crippen molar-refractivity contribution < 1.29 is 9.34 Å². The Morgan fingerprint density at radius 3 is 2.74 bits per heavy atom. The van der Waals surface area contributed by atoms with Gasteiger partial charge in [0.2, 0.25) is 0 Å². The van der Waals surface area contributed by atoms with Crippen LogP contribution in [0.2, 0.25) is 0 Å². The molecule has 5 nitrogen and oxygen atoms in total. The van der Waals surface area contributed by atoms with Gasteiger partial charge in [-0.2, -0.15) is 0 Å². The number of rotatable bonds is 5. The standard InChI is InChI=1S/C13H13BrN2O3/c1-9-5-6-11(19-9)8-15-7-10-3-2-4-12(13(10)14)16(17)18/h2-6,15H,7-8H2,1H3. The predicted octanol–water partition coefficient (Wildman–Crippen LogP) is 3.55. The molecule has 0 amide bonds. The summed E-state index contributed by atoms with van der Waals surface area (Å²) in [5, 5.41) is 14.0. The van der Waals surface area contributed by atoms with E-state index >= 15 is 0 Å². The van der Waals surface area contributed by atoms with Gasteiger partial charge in [0.25, 0.3) is 5.69 Å². The fourth-order valence-electron chi connectivity index (χ4n) is 1.74. The van der Waals surface area contributed by atoms with Gasteiger partial charge < -0.3 is 9.73 Å². The Hall–Kier alpha value is -1.66. The fraction of sp³-hybridized carbons (Fsp3) is 0.231. The third-order valence-electron chi connectivity index (χ3n) is 2.67. The van der Waals surface area contributed by atoms with Crippen LogP contribution in [0.4, 0.5) is 5.69 Å².